The first-order valence-electron chi connectivity index (χ1n) is 8.40. The molecule has 0 fully saturated rings. The van der Waals surface area contributed by atoms with Crippen molar-refractivity contribution in [2.75, 3.05) is 0 Å². The first-order valence-corrected chi connectivity index (χ1v) is 8.40. The van der Waals surface area contributed by atoms with Gasteiger partial charge in [-0.25, -0.2) is 0 Å². The molecule has 0 aliphatic rings. The highest BCUT2D eigenvalue weighted by molar-refractivity contribution is 6.06. The number of fused-ring (bicyclic) bond motifs is 3. The monoisotopic (exact) mass is 294 g/mol. The summed E-state index contributed by atoms with van der Waals surface area (Å²) < 4.78 is 6.23. The summed E-state index contributed by atoms with van der Waals surface area (Å²) in [6.45, 7) is 11.4. The van der Waals surface area contributed by atoms with E-state index in [0.717, 1.165) is 24.0 Å². The molecular formula is C21H26O. The van der Waals surface area contributed by atoms with Gasteiger partial charge in [0.2, 0.25) is 0 Å². The number of benzene rings is 2. The lowest BCUT2D eigenvalue weighted by atomic mass is 9.89. The number of hydrogen-bond donors (Lipinski definition) is 0. The van der Waals surface area contributed by atoms with E-state index in [2.05, 4.69) is 65.0 Å². The van der Waals surface area contributed by atoms with Crippen LogP contribution in [-0.2, 0) is 12.8 Å². The Hall–Kier alpha value is -1.76. The van der Waals surface area contributed by atoms with Gasteiger partial charge in [-0.05, 0) is 60.4 Å². The van der Waals surface area contributed by atoms with Crippen LogP contribution >= 0.6 is 0 Å². The normalized spacial score (nSPS) is 12.1. The zero-order valence-corrected chi connectivity index (χ0v) is 14.4. The maximum Gasteiger partial charge on any atom is 0.138 e. The third-order valence-electron chi connectivity index (χ3n) is 4.40. The molecule has 0 atom stereocenters. The summed E-state index contributed by atoms with van der Waals surface area (Å²) in [7, 11) is 0. The van der Waals surface area contributed by atoms with Gasteiger partial charge in [-0.15, -0.1) is 0 Å². The fourth-order valence-electron chi connectivity index (χ4n) is 3.39. The molecule has 3 rings (SSSR count). The first-order chi connectivity index (χ1) is 10.5. The Morgan fingerprint density at radius 3 is 2.27 bits per heavy atom. The van der Waals surface area contributed by atoms with Crippen molar-refractivity contribution in [3.05, 3.63) is 47.0 Å². The summed E-state index contributed by atoms with van der Waals surface area (Å²) in [5.41, 5.74) is 6.40. The molecule has 0 unspecified atom stereocenters. The minimum absolute atomic E-state index is 0.629. The molecular weight excluding hydrogens is 268 g/mol. The minimum atomic E-state index is 0.629. The fourth-order valence-corrected chi connectivity index (χ4v) is 3.39. The largest absolute Gasteiger partial charge is 0.456 e. The Labute approximate surface area is 133 Å². The first kappa shape index (κ1) is 15.1. The third kappa shape index (κ3) is 2.65. The molecule has 3 aromatic rings. The lowest BCUT2D eigenvalue weighted by Gasteiger charge is -2.15. The molecule has 1 nitrogen and oxygen atoms in total. The molecule has 1 aromatic heterocycles. The molecule has 0 saturated carbocycles. The van der Waals surface area contributed by atoms with Crippen LogP contribution in [-0.4, -0.2) is 0 Å². The van der Waals surface area contributed by atoms with Gasteiger partial charge in [0.15, 0.2) is 0 Å². The van der Waals surface area contributed by atoms with Crippen LogP contribution in [0.3, 0.4) is 0 Å². The molecule has 22 heavy (non-hydrogen) atoms. The van der Waals surface area contributed by atoms with Crippen molar-refractivity contribution in [1.82, 2.24) is 0 Å². The average Bonchev–Trinajstić information content (AvgIpc) is 2.81. The van der Waals surface area contributed by atoms with Crippen molar-refractivity contribution in [3.63, 3.8) is 0 Å². The van der Waals surface area contributed by atoms with E-state index >= 15 is 0 Å². The van der Waals surface area contributed by atoms with Crippen LogP contribution < -0.4 is 0 Å². The molecule has 0 N–H and O–H groups in total. The van der Waals surface area contributed by atoms with E-state index in [1.807, 2.05) is 0 Å². The SMILES string of the molecule is Cc1c(CC(C)C)cc2c(oc3ccccc32)c1CC(C)C. The molecule has 1 heterocycles. The summed E-state index contributed by atoms with van der Waals surface area (Å²) in [5.74, 6) is 1.30. The molecule has 116 valence electrons. The molecule has 0 amide bonds. The second-order valence-electron chi connectivity index (χ2n) is 7.31. The Kier molecular flexibility index (Phi) is 3.99. The van der Waals surface area contributed by atoms with Crippen LogP contribution in [0.25, 0.3) is 21.9 Å². The summed E-state index contributed by atoms with van der Waals surface area (Å²) >= 11 is 0. The number of hydrogen-bond acceptors (Lipinski definition) is 1. The summed E-state index contributed by atoms with van der Waals surface area (Å²) in [5, 5.41) is 2.53. The highest BCUT2D eigenvalue weighted by atomic mass is 16.3. The van der Waals surface area contributed by atoms with Gasteiger partial charge in [0.05, 0.1) is 0 Å². The Bertz CT molecular complexity index is 805. The van der Waals surface area contributed by atoms with Crippen LogP contribution in [0, 0.1) is 18.8 Å². The molecule has 2 aromatic carbocycles. The zero-order valence-electron chi connectivity index (χ0n) is 14.4. The van der Waals surface area contributed by atoms with Crippen LogP contribution in [0.1, 0.15) is 44.4 Å². The van der Waals surface area contributed by atoms with Gasteiger partial charge < -0.3 is 4.42 Å². The van der Waals surface area contributed by atoms with Crippen molar-refractivity contribution in [2.45, 2.75) is 47.5 Å². The quantitative estimate of drug-likeness (QED) is 0.551. The maximum absolute atomic E-state index is 6.23. The lowest BCUT2D eigenvalue weighted by Crippen LogP contribution is -2.03. The van der Waals surface area contributed by atoms with E-state index in [4.69, 9.17) is 4.42 Å². The highest BCUT2D eigenvalue weighted by Crippen LogP contribution is 2.35. The van der Waals surface area contributed by atoms with Gasteiger partial charge in [0, 0.05) is 10.8 Å². The smallest absolute Gasteiger partial charge is 0.138 e. The van der Waals surface area contributed by atoms with E-state index in [-0.39, 0.29) is 0 Å². The third-order valence-corrected chi connectivity index (χ3v) is 4.40. The lowest BCUT2D eigenvalue weighted by molar-refractivity contribution is 0.615. The Morgan fingerprint density at radius 1 is 0.909 bits per heavy atom. The van der Waals surface area contributed by atoms with E-state index in [9.17, 15) is 0 Å². The molecule has 0 spiro atoms. The fraction of sp³-hybridized carbons (Fsp3) is 0.429. The van der Waals surface area contributed by atoms with E-state index in [0.29, 0.717) is 11.8 Å². The minimum Gasteiger partial charge on any atom is -0.456 e. The number of rotatable bonds is 4. The van der Waals surface area contributed by atoms with Crippen LogP contribution in [0.5, 0.6) is 0 Å². The molecule has 1 heteroatoms. The highest BCUT2D eigenvalue weighted by Gasteiger charge is 2.17. The Morgan fingerprint density at radius 2 is 1.59 bits per heavy atom. The predicted octanol–water partition coefficient (Wildman–Crippen LogP) is 6.29. The summed E-state index contributed by atoms with van der Waals surface area (Å²) in [6.07, 6.45) is 2.21. The molecule has 0 radical (unpaired) electrons. The number of para-hydroxylation sites is 1. The van der Waals surface area contributed by atoms with Crippen molar-refractivity contribution < 1.29 is 4.42 Å². The van der Waals surface area contributed by atoms with E-state index < -0.39 is 0 Å². The van der Waals surface area contributed by atoms with Crippen LogP contribution in [0.4, 0.5) is 0 Å². The average molecular weight is 294 g/mol. The summed E-state index contributed by atoms with van der Waals surface area (Å²) in [6, 6.07) is 10.8. The Balaban J connectivity index is 2.33. The zero-order chi connectivity index (χ0) is 15.9. The second kappa shape index (κ2) is 5.79. The predicted molar refractivity (Wildman–Crippen MR) is 95.5 cm³/mol. The molecule has 0 bridgehead atoms. The molecule has 0 saturated heterocycles. The topological polar surface area (TPSA) is 13.1 Å². The van der Waals surface area contributed by atoms with E-state index in [1.54, 1.807) is 0 Å². The molecule has 0 aliphatic heterocycles. The second-order valence-corrected chi connectivity index (χ2v) is 7.31. The van der Waals surface area contributed by atoms with Crippen molar-refractivity contribution in [1.29, 1.82) is 0 Å². The van der Waals surface area contributed by atoms with Gasteiger partial charge in [0.25, 0.3) is 0 Å². The van der Waals surface area contributed by atoms with Crippen molar-refractivity contribution >= 4 is 21.9 Å². The molecule has 0 aliphatic carbocycles. The van der Waals surface area contributed by atoms with Crippen molar-refractivity contribution in [2.24, 2.45) is 11.8 Å². The van der Waals surface area contributed by atoms with Gasteiger partial charge in [-0.3, -0.25) is 0 Å². The standard InChI is InChI=1S/C21H26O/c1-13(2)10-16-12-19-17-8-6-7-9-20(17)22-21(19)18(15(16)5)11-14(3)4/h6-9,12-14H,10-11H2,1-5H3. The van der Waals surface area contributed by atoms with E-state index in [1.165, 1.54) is 27.5 Å². The van der Waals surface area contributed by atoms with Gasteiger partial charge in [-0.2, -0.15) is 0 Å². The maximum atomic E-state index is 6.23. The van der Waals surface area contributed by atoms with Gasteiger partial charge in [-0.1, -0.05) is 45.9 Å². The van der Waals surface area contributed by atoms with Crippen LogP contribution in [0.15, 0.2) is 34.7 Å². The number of furan rings is 1. The summed E-state index contributed by atoms with van der Waals surface area (Å²) in [4.78, 5) is 0. The van der Waals surface area contributed by atoms with Gasteiger partial charge >= 0.3 is 0 Å². The van der Waals surface area contributed by atoms with Crippen molar-refractivity contribution in [3.8, 4) is 0 Å². The van der Waals surface area contributed by atoms with Crippen LogP contribution in [0.2, 0.25) is 0 Å². The van der Waals surface area contributed by atoms with Gasteiger partial charge in [0.1, 0.15) is 11.2 Å².